The zero-order chi connectivity index (χ0) is 13.8. The first-order chi connectivity index (χ1) is 9.15. The van der Waals surface area contributed by atoms with Crippen LogP contribution in [0.1, 0.15) is 5.82 Å². The number of aromatic nitrogens is 2. The molecule has 0 aliphatic rings. The van der Waals surface area contributed by atoms with Gasteiger partial charge in [-0.1, -0.05) is 6.07 Å². The minimum atomic E-state index is -0.341. The molecule has 0 fully saturated rings. The van der Waals surface area contributed by atoms with E-state index in [0.717, 1.165) is 0 Å². The Morgan fingerprint density at radius 1 is 1.37 bits per heavy atom. The minimum Gasteiger partial charge on any atom is -0.377 e. The van der Waals surface area contributed by atoms with Crippen molar-refractivity contribution in [2.75, 3.05) is 19.5 Å². The van der Waals surface area contributed by atoms with Crippen LogP contribution < -0.4 is 5.32 Å². The summed E-state index contributed by atoms with van der Waals surface area (Å²) in [5.41, 5.74) is 0.941. The maximum absolute atomic E-state index is 14.1. The maximum Gasteiger partial charge on any atom is 0.157 e. The first-order valence-corrected chi connectivity index (χ1v) is 6.44. The van der Waals surface area contributed by atoms with Gasteiger partial charge in [0.25, 0.3) is 0 Å². The average Bonchev–Trinajstić information content (AvgIpc) is 2.42. The Morgan fingerprint density at radius 3 is 2.84 bits per heavy atom. The van der Waals surface area contributed by atoms with Crippen molar-refractivity contribution < 1.29 is 9.13 Å². The number of hydrogen-bond acceptors (Lipinski definition) is 4. The molecule has 1 heterocycles. The topological polar surface area (TPSA) is 47.0 Å². The Balaban J connectivity index is 2.54. The lowest BCUT2D eigenvalue weighted by Gasteiger charge is -2.09. The summed E-state index contributed by atoms with van der Waals surface area (Å²) in [5, 5.41) is 2.93. The average molecular weight is 326 g/mol. The first kappa shape index (κ1) is 13.9. The molecule has 0 saturated heterocycles. The van der Waals surface area contributed by atoms with E-state index in [1.54, 1.807) is 38.4 Å². The molecule has 0 unspecified atom stereocenters. The fraction of sp³-hybridized carbons (Fsp3) is 0.231. The SMILES string of the molecule is CNc1cc(-c2cccc(Br)c2F)nc(COC)n1. The van der Waals surface area contributed by atoms with E-state index in [-0.39, 0.29) is 12.4 Å². The number of rotatable bonds is 4. The predicted molar refractivity (Wildman–Crippen MR) is 75.4 cm³/mol. The van der Waals surface area contributed by atoms with E-state index in [9.17, 15) is 4.39 Å². The molecule has 0 amide bonds. The van der Waals surface area contributed by atoms with Crippen LogP contribution in [0.4, 0.5) is 10.2 Å². The summed E-state index contributed by atoms with van der Waals surface area (Å²) in [4.78, 5) is 8.54. The van der Waals surface area contributed by atoms with Crippen LogP contribution in [0.25, 0.3) is 11.3 Å². The number of nitrogens with one attached hydrogen (secondary N) is 1. The molecule has 100 valence electrons. The number of methoxy groups -OCH3 is 1. The minimum absolute atomic E-state index is 0.276. The van der Waals surface area contributed by atoms with Crippen molar-refractivity contribution in [2.24, 2.45) is 0 Å². The fourth-order valence-corrected chi connectivity index (χ4v) is 2.02. The summed E-state index contributed by atoms with van der Waals surface area (Å²) in [5.74, 6) is 0.784. The number of benzene rings is 1. The predicted octanol–water partition coefficient (Wildman–Crippen LogP) is 3.23. The lowest BCUT2D eigenvalue weighted by molar-refractivity contribution is 0.178. The standard InChI is InChI=1S/C13H13BrFN3O/c1-16-11-6-10(17-12(18-11)7-19-2)8-4-3-5-9(14)13(8)15/h3-6H,7H2,1-2H3,(H,16,17,18). The lowest BCUT2D eigenvalue weighted by Crippen LogP contribution is -2.03. The van der Waals surface area contributed by atoms with Gasteiger partial charge in [0.1, 0.15) is 18.2 Å². The second-order valence-corrected chi connectivity index (χ2v) is 4.69. The highest BCUT2D eigenvalue weighted by molar-refractivity contribution is 9.10. The van der Waals surface area contributed by atoms with Gasteiger partial charge < -0.3 is 10.1 Å². The van der Waals surface area contributed by atoms with Crippen LogP contribution >= 0.6 is 15.9 Å². The van der Waals surface area contributed by atoms with E-state index < -0.39 is 0 Å². The molecular formula is C13H13BrFN3O. The number of nitrogens with zero attached hydrogens (tertiary/aromatic N) is 2. The van der Waals surface area contributed by atoms with Crippen molar-refractivity contribution in [1.82, 2.24) is 9.97 Å². The zero-order valence-corrected chi connectivity index (χ0v) is 12.2. The molecule has 0 aliphatic carbocycles. The zero-order valence-electron chi connectivity index (χ0n) is 10.6. The Morgan fingerprint density at radius 2 is 2.16 bits per heavy atom. The van der Waals surface area contributed by atoms with E-state index >= 15 is 0 Å². The molecule has 0 bridgehead atoms. The molecule has 0 saturated carbocycles. The fourth-order valence-electron chi connectivity index (χ4n) is 1.66. The van der Waals surface area contributed by atoms with Crippen LogP contribution in [-0.2, 0) is 11.3 Å². The van der Waals surface area contributed by atoms with E-state index in [4.69, 9.17) is 4.74 Å². The molecule has 0 atom stereocenters. The summed E-state index contributed by atoms with van der Waals surface area (Å²) in [6.45, 7) is 0.276. The monoisotopic (exact) mass is 325 g/mol. The van der Waals surface area contributed by atoms with Gasteiger partial charge in [0, 0.05) is 25.8 Å². The summed E-state index contributed by atoms with van der Waals surface area (Å²) >= 11 is 3.17. The molecule has 0 radical (unpaired) electrons. The van der Waals surface area contributed by atoms with Crippen LogP contribution in [0.2, 0.25) is 0 Å². The molecule has 4 nitrogen and oxygen atoms in total. The van der Waals surface area contributed by atoms with Gasteiger partial charge in [0.05, 0.1) is 10.2 Å². The van der Waals surface area contributed by atoms with E-state index in [0.29, 0.717) is 27.4 Å². The highest BCUT2D eigenvalue weighted by atomic mass is 79.9. The number of halogens is 2. The van der Waals surface area contributed by atoms with Gasteiger partial charge in [-0.25, -0.2) is 14.4 Å². The molecule has 1 aromatic carbocycles. The molecule has 6 heteroatoms. The Kier molecular flexibility index (Phi) is 4.44. The Bertz CT molecular complexity index is 592. The smallest absolute Gasteiger partial charge is 0.157 e. The first-order valence-electron chi connectivity index (χ1n) is 5.64. The molecule has 0 aliphatic heterocycles. The quantitative estimate of drug-likeness (QED) is 0.937. The van der Waals surface area contributed by atoms with Gasteiger partial charge in [-0.15, -0.1) is 0 Å². The summed E-state index contributed by atoms with van der Waals surface area (Å²) in [6, 6.07) is 6.79. The molecule has 2 aromatic rings. The highest BCUT2D eigenvalue weighted by Crippen LogP contribution is 2.27. The Labute approximate surface area is 119 Å². The Hall–Kier alpha value is -1.53. The van der Waals surface area contributed by atoms with Crippen molar-refractivity contribution in [3.05, 3.63) is 40.4 Å². The van der Waals surface area contributed by atoms with Crippen LogP contribution in [0, 0.1) is 5.82 Å². The summed E-state index contributed by atoms with van der Waals surface area (Å²) in [7, 11) is 3.31. The van der Waals surface area contributed by atoms with E-state index in [1.807, 2.05) is 0 Å². The van der Waals surface area contributed by atoms with Gasteiger partial charge in [0.15, 0.2) is 5.82 Å². The third kappa shape index (κ3) is 3.08. The third-order valence-corrected chi connectivity index (χ3v) is 3.14. The van der Waals surface area contributed by atoms with Crippen LogP contribution in [0.3, 0.4) is 0 Å². The van der Waals surface area contributed by atoms with Crippen LogP contribution in [-0.4, -0.2) is 24.1 Å². The molecule has 2 rings (SSSR count). The molecule has 19 heavy (non-hydrogen) atoms. The van der Waals surface area contributed by atoms with Gasteiger partial charge in [0.2, 0.25) is 0 Å². The van der Waals surface area contributed by atoms with Crippen LogP contribution in [0.15, 0.2) is 28.7 Å². The van der Waals surface area contributed by atoms with Crippen molar-refractivity contribution in [2.45, 2.75) is 6.61 Å². The van der Waals surface area contributed by atoms with Gasteiger partial charge in [-0.2, -0.15) is 0 Å². The van der Waals surface area contributed by atoms with Gasteiger partial charge in [-0.05, 0) is 28.1 Å². The van der Waals surface area contributed by atoms with Crippen molar-refractivity contribution in [1.29, 1.82) is 0 Å². The summed E-state index contributed by atoms with van der Waals surface area (Å²) in [6.07, 6.45) is 0. The maximum atomic E-state index is 14.1. The van der Waals surface area contributed by atoms with Crippen molar-refractivity contribution in [3.63, 3.8) is 0 Å². The van der Waals surface area contributed by atoms with Crippen molar-refractivity contribution in [3.8, 4) is 11.3 Å². The largest absolute Gasteiger partial charge is 0.377 e. The lowest BCUT2D eigenvalue weighted by atomic mass is 10.1. The van der Waals surface area contributed by atoms with Gasteiger partial charge >= 0.3 is 0 Å². The molecular weight excluding hydrogens is 313 g/mol. The summed E-state index contributed by atoms with van der Waals surface area (Å²) < 4.78 is 19.5. The molecule has 1 aromatic heterocycles. The number of ether oxygens (including phenoxy) is 1. The highest BCUT2D eigenvalue weighted by Gasteiger charge is 2.12. The second-order valence-electron chi connectivity index (χ2n) is 3.84. The normalized spacial score (nSPS) is 10.5. The third-order valence-electron chi connectivity index (χ3n) is 2.53. The van der Waals surface area contributed by atoms with Gasteiger partial charge in [-0.3, -0.25) is 0 Å². The van der Waals surface area contributed by atoms with Crippen molar-refractivity contribution >= 4 is 21.7 Å². The molecule has 1 N–H and O–H groups in total. The van der Waals surface area contributed by atoms with E-state index in [2.05, 4.69) is 31.2 Å². The number of anilines is 1. The molecule has 0 spiro atoms. The second kappa shape index (κ2) is 6.08. The van der Waals surface area contributed by atoms with Crippen LogP contribution in [0.5, 0.6) is 0 Å². The number of hydrogen-bond donors (Lipinski definition) is 1. The van der Waals surface area contributed by atoms with E-state index in [1.165, 1.54) is 0 Å².